The van der Waals surface area contributed by atoms with Gasteiger partial charge in [0.25, 0.3) is 5.91 Å². The van der Waals surface area contributed by atoms with Gasteiger partial charge in [-0.15, -0.1) is 0 Å². The fraction of sp³-hybridized carbons (Fsp3) is 0.450. The summed E-state index contributed by atoms with van der Waals surface area (Å²) in [5.74, 6) is -0.133. The van der Waals surface area contributed by atoms with E-state index in [1.54, 1.807) is 24.8 Å². The van der Waals surface area contributed by atoms with Crippen LogP contribution in [0.1, 0.15) is 29.9 Å². The second-order valence-corrected chi connectivity index (χ2v) is 8.26. The highest BCUT2D eigenvalue weighted by Gasteiger charge is 2.24. The lowest BCUT2D eigenvalue weighted by Crippen LogP contribution is -2.49. The molecule has 10 heteroatoms. The maximum absolute atomic E-state index is 12.6. The van der Waals surface area contributed by atoms with Gasteiger partial charge in [-0.25, -0.2) is 4.79 Å². The largest absolute Gasteiger partial charge is 0.489 e. The van der Waals surface area contributed by atoms with Crippen LogP contribution >= 0.6 is 11.6 Å². The van der Waals surface area contributed by atoms with E-state index in [-0.39, 0.29) is 18.3 Å². The molecule has 2 aromatic rings. The van der Waals surface area contributed by atoms with Gasteiger partial charge in [0.2, 0.25) is 0 Å². The first-order chi connectivity index (χ1) is 14.1. The minimum atomic E-state index is -0.949. The molecule has 1 saturated heterocycles. The molecule has 1 aliphatic heterocycles. The van der Waals surface area contributed by atoms with Crippen molar-refractivity contribution in [3.63, 3.8) is 0 Å². The van der Waals surface area contributed by atoms with Gasteiger partial charge < -0.3 is 20.5 Å². The number of aliphatic hydroxyl groups is 1. The fourth-order valence-corrected chi connectivity index (χ4v) is 3.33. The third-order valence-electron chi connectivity index (χ3n) is 4.70. The van der Waals surface area contributed by atoms with Gasteiger partial charge in [-0.2, -0.15) is 9.78 Å². The molecule has 0 spiro atoms. The maximum atomic E-state index is 12.6. The molecule has 0 atom stereocenters. The van der Waals surface area contributed by atoms with Crippen molar-refractivity contribution in [3.8, 4) is 5.75 Å². The van der Waals surface area contributed by atoms with E-state index in [4.69, 9.17) is 22.1 Å². The van der Waals surface area contributed by atoms with Gasteiger partial charge in [-0.05, 0) is 31.5 Å². The van der Waals surface area contributed by atoms with E-state index in [1.165, 1.54) is 12.3 Å². The Morgan fingerprint density at radius 3 is 2.53 bits per heavy atom. The predicted octanol–water partition coefficient (Wildman–Crippen LogP) is 1.57. The molecular weight excluding hydrogens is 410 g/mol. The molecule has 2 heterocycles. The second kappa shape index (κ2) is 9.03. The number of primary amides is 1. The smallest absolute Gasteiger partial charge is 0.344 e. The van der Waals surface area contributed by atoms with Crippen LogP contribution in [0.2, 0.25) is 5.02 Å². The van der Waals surface area contributed by atoms with Crippen LogP contribution in [0.25, 0.3) is 0 Å². The number of nitrogens with zero attached hydrogens (tertiary/aromatic N) is 4. The number of ether oxygens (including phenoxy) is 1. The zero-order chi connectivity index (χ0) is 21.9. The van der Waals surface area contributed by atoms with Crippen molar-refractivity contribution in [2.45, 2.75) is 26.0 Å². The second-order valence-electron chi connectivity index (χ2n) is 7.89. The van der Waals surface area contributed by atoms with Crippen LogP contribution < -0.4 is 10.5 Å². The van der Waals surface area contributed by atoms with Crippen molar-refractivity contribution in [1.29, 1.82) is 0 Å². The van der Waals surface area contributed by atoms with E-state index in [0.29, 0.717) is 43.5 Å². The molecule has 3 rings (SSSR count). The molecular formula is C20H26ClN5O4. The van der Waals surface area contributed by atoms with Gasteiger partial charge in [-0.1, -0.05) is 23.7 Å². The Balaban J connectivity index is 1.57. The molecule has 9 nitrogen and oxygen atoms in total. The normalized spacial score (nSPS) is 15.3. The van der Waals surface area contributed by atoms with E-state index in [0.717, 1.165) is 10.2 Å². The average Bonchev–Trinajstić information content (AvgIpc) is 3.18. The number of aromatic nitrogens is 2. The number of nitrogens with two attached hydrogens (primary N) is 1. The van der Waals surface area contributed by atoms with Crippen LogP contribution in [-0.2, 0) is 6.54 Å². The number of hydrogen-bond donors (Lipinski definition) is 2. The number of carbonyl (C=O) groups is 2. The van der Waals surface area contributed by atoms with E-state index in [2.05, 4.69) is 10.00 Å². The number of amides is 2. The van der Waals surface area contributed by atoms with Crippen molar-refractivity contribution in [2.24, 2.45) is 5.73 Å². The van der Waals surface area contributed by atoms with Crippen molar-refractivity contribution in [1.82, 2.24) is 19.6 Å². The Labute approximate surface area is 179 Å². The van der Waals surface area contributed by atoms with Gasteiger partial charge in [0, 0.05) is 38.9 Å². The highest BCUT2D eigenvalue weighted by atomic mass is 35.5. The Hall–Kier alpha value is -2.62. The molecule has 0 aliphatic carbocycles. The first-order valence-electron chi connectivity index (χ1n) is 9.64. The van der Waals surface area contributed by atoms with E-state index < -0.39 is 11.5 Å². The Kier molecular flexibility index (Phi) is 6.64. The minimum absolute atomic E-state index is 0.0586. The van der Waals surface area contributed by atoms with Crippen molar-refractivity contribution >= 4 is 23.5 Å². The summed E-state index contributed by atoms with van der Waals surface area (Å²) in [6.45, 7) is 6.48. The van der Waals surface area contributed by atoms with E-state index >= 15 is 0 Å². The van der Waals surface area contributed by atoms with Gasteiger partial charge >= 0.3 is 6.03 Å². The lowest BCUT2D eigenvalue weighted by molar-refractivity contribution is 0.0284. The summed E-state index contributed by atoms with van der Waals surface area (Å²) < 4.78 is 6.79. The minimum Gasteiger partial charge on any atom is -0.489 e. The molecule has 1 aromatic carbocycles. The summed E-state index contributed by atoms with van der Waals surface area (Å²) >= 11 is 6.50. The van der Waals surface area contributed by atoms with Crippen LogP contribution in [0.4, 0.5) is 4.79 Å². The topological polar surface area (TPSA) is 114 Å². The van der Waals surface area contributed by atoms with E-state index in [1.807, 2.05) is 12.1 Å². The average molecular weight is 436 g/mol. The fourth-order valence-electron chi connectivity index (χ4n) is 3.09. The van der Waals surface area contributed by atoms with Crippen LogP contribution in [0, 0.1) is 0 Å². The third kappa shape index (κ3) is 5.50. The lowest BCUT2D eigenvalue weighted by atomic mass is 10.1. The molecule has 0 bridgehead atoms. The Morgan fingerprint density at radius 2 is 1.93 bits per heavy atom. The highest BCUT2D eigenvalue weighted by molar-refractivity contribution is 6.32. The van der Waals surface area contributed by atoms with Crippen LogP contribution in [-0.4, -0.2) is 75.0 Å². The third-order valence-corrected chi connectivity index (χ3v) is 5.13. The zero-order valence-electron chi connectivity index (χ0n) is 17.0. The van der Waals surface area contributed by atoms with Gasteiger partial charge in [0.1, 0.15) is 12.4 Å². The number of hydrogen-bond acceptors (Lipinski definition) is 6. The Morgan fingerprint density at radius 1 is 1.23 bits per heavy atom. The molecule has 162 valence electrons. The summed E-state index contributed by atoms with van der Waals surface area (Å²) in [6.07, 6.45) is 1.44. The lowest BCUT2D eigenvalue weighted by Gasteiger charge is -2.34. The maximum Gasteiger partial charge on any atom is 0.344 e. The van der Waals surface area contributed by atoms with E-state index in [9.17, 15) is 14.7 Å². The zero-order valence-corrected chi connectivity index (χ0v) is 17.8. The van der Waals surface area contributed by atoms with Gasteiger partial charge in [0.05, 0.1) is 10.6 Å². The first kappa shape index (κ1) is 22.1. The quantitative estimate of drug-likeness (QED) is 0.711. The molecule has 30 heavy (non-hydrogen) atoms. The number of rotatable bonds is 6. The van der Waals surface area contributed by atoms with Crippen molar-refractivity contribution < 1.29 is 19.4 Å². The number of benzene rings is 1. The van der Waals surface area contributed by atoms with Gasteiger partial charge in [0.15, 0.2) is 5.69 Å². The van der Waals surface area contributed by atoms with Crippen LogP contribution in [0.3, 0.4) is 0 Å². The molecule has 0 saturated carbocycles. The SMILES string of the molecule is CC(C)(O)COc1cccc(CN2CCN(C(=O)n3ccc(C(N)=O)n3)CC2)c1Cl. The molecule has 3 N–H and O–H groups in total. The molecule has 0 radical (unpaired) electrons. The number of carbonyl (C=O) groups excluding carboxylic acids is 2. The standard InChI is InChI=1S/C20H26ClN5O4/c1-20(2,29)13-30-16-5-3-4-14(17(16)21)12-24-8-10-25(11-9-24)19(28)26-7-6-15(23-26)18(22)27/h3-7,29H,8-13H2,1-2H3,(H2,22,27). The van der Waals surface area contributed by atoms with Crippen LogP contribution in [0.5, 0.6) is 5.75 Å². The molecule has 1 fully saturated rings. The summed E-state index contributed by atoms with van der Waals surface area (Å²) in [5, 5.41) is 14.3. The number of halogens is 1. The van der Waals surface area contributed by atoms with Crippen LogP contribution in [0.15, 0.2) is 30.5 Å². The summed E-state index contributed by atoms with van der Waals surface area (Å²) in [7, 11) is 0. The molecule has 0 unspecified atom stereocenters. The number of piperazine rings is 1. The summed E-state index contributed by atoms with van der Waals surface area (Å²) in [4.78, 5) is 27.6. The molecule has 2 amide bonds. The van der Waals surface area contributed by atoms with Crippen molar-refractivity contribution in [2.75, 3.05) is 32.8 Å². The monoisotopic (exact) mass is 435 g/mol. The summed E-state index contributed by atoms with van der Waals surface area (Å²) in [5.41, 5.74) is 5.21. The predicted molar refractivity (Wildman–Crippen MR) is 112 cm³/mol. The highest BCUT2D eigenvalue weighted by Crippen LogP contribution is 2.30. The van der Waals surface area contributed by atoms with Crippen molar-refractivity contribution in [3.05, 3.63) is 46.7 Å². The van der Waals surface area contributed by atoms with Gasteiger partial charge in [-0.3, -0.25) is 9.69 Å². The molecule has 1 aliphatic rings. The Bertz CT molecular complexity index is 916. The molecule has 1 aromatic heterocycles. The first-order valence-corrected chi connectivity index (χ1v) is 10.0. The summed E-state index contributed by atoms with van der Waals surface area (Å²) in [6, 6.07) is 6.72.